The van der Waals surface area contributed by atoms with Crippen LogP contribution in [-0.4, -0.2) is 31.2 Å². The maximum atomic E-state index is 12.9. The van der Waals surface area contributed by atoms with Crippen LogP contribution in [0.15, 0.2) is 23.2 Å². The minimum Gasteiger partial charge on any atom is -0.505 e. The molecule has 1 rings (SSSR count). The smallest absolute Gasteiger partial charge is 0.165 e. The summed E-state index contributed by atoms with van der Waals surface area (Å²) in [6, 6.07) is 3.88. The zero-order valence-corrected chi connectivity index (χ0v) is 8.40. The highest BCUT2D eigenvalue weighted by molar-refractivity contribution is 5.97. The highest BCUT2D eigenvalue weighted by Crippen LogP contribution is 2.15. The molecule has 0 saturated heterocycles. The lowest BCUT2D eigenvalue weighted by Crippen LogP contribution is -2.15. The zero-order chi connectivity index (χ0) is 11.3. The molecular weight excluding hydrogens is 199 g/mol. The van der Waals surface area contributed by atoms with Crippen molar-refractivity contribution in [1.29, 1.82) is 0 Å². The van der Waals surface area contributed by atoms with Gasteiger partial charge in [0.05, 0.1) is 13.2 Å². The molecule has 5 heteroatoms. The average molecular weight is 212 g/mol. The van der Waals surface area contributed by atoms with Crippen LogP contribution in [0.1, 0.15) is 5.56 Å². The molecule has 0 unspecified atom stereocenters. The second kappa shape index (κ2) is 5.31. The van der Waals surface area contributed by atoms with E-state index in [2.05, 4.69) is 4.99 Å². The van der Waals surface area contributed by atoms with Crippen LogP contribution in [0.3, 0.4) is 0 Å². The van der Waals surface area contributed by atoms with Crippen LogP contribution in [0.2, 0.25) is 0 Å². The van der Waals surface area contributed by atoms with Gasteiger partial charge in [-0.05, 0) is 18.2 Å². The average Bonchev–Trinajstić information content (AvgIpc) is 2.22. The number of halogens is 1. The van der Waals surface area contributed by atoms with E-state index in [-0.39, 0.29) is 5.84 Å². The van der Waals surface area contributed by atoms with Gasteiger partial charge in [-0.3, -0.25) is 4.99 Å². The summed E-state index contributed by atoms with van der Waals surface area (Å²) in [5.74, 6) is -0.883. The van der Waals surface area contributed by atoms with E-state index < -0.39 is 11.6 Å². The number of phenolic OH excluding ortho intramolecular Hbond substituents is 1. The molecule has 0 heterocycles. The van der Waals surface area contributed by atoms with E-state index in [9.17, 15) is 4.39 Å². The van der Waals surface area contributed by atoms with Gasteiger partial charge < -0.3 is 15.6 Å². The molecule has 0 atom stereocenters. The molecule has 0 aliphatic heterocycles. The van der Waals surface area contributed by atoms with Gasteiger partial charge in [-0.1, -0.05) is 0 Å². The van der Waals surface area contributed by atoms with Crippen LogP contribution in [0.5, 0.6) is 5.75 Å². The number of rotatable bonds is 4. The largest absolute Gasteiger partial charge is 0.505 e. The van der Waals surface area contributed by atoms with E-state index in [1.165, 1.54) is 12.1 Å². The second-order valence-electron chi connectivity index (χ2n) is 2.93. The fraction of sp³-hybridized carbons (Fsp3) is 0.300. The molecule has 0 aliphatic carbocycles. The topological polar surface area (TPSA) is 67.8 Å². The Morgan fingerprint density at radius 1 is 1.60 bits per heavy atom. The minimum atomic E-state index is -0.711. The molecule has 0 aromatic heterocycles. The molecule has 82 valence electrons. The Labute approximate surface area is 87.2 Å². The molecule has 0 spiro atoms. The first-order chi connectivity index (χ1) is 7.15. The fourth-order valence-corrected chi connectivity index (χ4v) is 1.01. The van der Waals surface area contributed by atoms with Crippen molar-refractivity contribution in [2.75, 3.05) is 20.3 Å². The van der Waals surface area contributed by atoms with Gasteiger partial charge >= 0.3 is 0 Å². The lowest BCUT2D eigenvalue weighted by molar-refractivity contribution is 0.208. The Bertz CT molecular complexity index is 366. The summed E-state index contributed by atoms with van der Waals surface area (Å²) >= 11 is 0. The predicted octanol–water partition coefficient (Wildman–Crippen LogP) is 0.883. The van der Waals surface area contributed by atoms with E-state index in [1.54, 1.807) is 7.11 Å². The zero-order valence-electron chi connectivity index (χ0n) is 8.40. The van der Waals surface area contributed by atoms with Gasteiger partial charge in [0.1, 0.15) is 5.84 Å². The number of hydrogen-bond acceptors (Lipinski definition) is 3. The summed E-state index contributed by atoms with van der Waals surface area (Å²) in [5.41, 5.74) is 6.05. The highest BCUT2D eigenvalue weighted by Gasteiger charge is 2.03. The molecule has 0 aliphatic rings. The molecule has 0 saturated carbocycles. The van der Waals surface area contributed by atoms with Gasteiger partial charge in [-0.2, -0.15) is 0 Å². The van der Waals surface area contributed by atoms with Crippen LogP contribution >= 0.6 is 0 Å². The van der Waals surface area contributed by atoms with Crippen LogP contribution < -0.4 is 5.73 Å². The molecule has 1 aromatic rings. The SMILES string of the molecule is COCCN=C(N)c1ccc(O)c(F)c1. The molecular formula is C10H13FN2O2. The van der Waals surface area contributed by atoms with Crippen LogP contribution in [0.25, 0.3) is 0 Å². The van der Waals surface area contributed by atoms with Crippen LogP contribution in [0.4, 0.5) is 4.39 Å². The first-order valence-corrected chi connectivity index (χ1v) is 4.43. The van der Waals surface area contributed by atoms with Crippen LogP contribution in [0, 0.1) is 5.82 Å². The second-order valence-corrected chi connectivity index (χ2v) is 2.93. The van der Waals surface area contributed by atoms with E-state index in [4.69, 9.17) is 15.6 Å². The molecule has 1 aromatic carbocycles. The fourth-order valence-electron chi connectivity index (χ4n) is 1.01. The van der Waals surface area contributed by atoms with Crippen molar-refractivity contribution in [1.82, 2.24) is 0 Å². The predicted molar refractivity (Wildman–Crippen MR) is 55.5 cm³/mol. The Morgan fingerprint density at radius 2 is 2.33 bits per heavy atom. The van der Waals surface area contributed by atoms with Crippen molar-refractivity contribution < 1.29 is 14.2 Å². The molecule has 4 nitrogen and oxygen atoms in total. The third-order valence-corrected chi connectivity index (χ3v) is 1.82. The van der Waals surface area contributed by atoms with Gasteiger partial charge in [-0.15, -0.1) is 0 Å². The number of amidine groups is 1. The van der Waals surface area contributed by atoms with Crippen molar-refractivity contribution in [3.63, 3.8) is 0 Å². The number of phenols is 1. The van der Waals surface area contributed by atoms with Crippen molar-refractivity contribution in [3.05, 3.63) is 29.6 Å². The lowest BCUT2D eigenvalue weighted by Gasteiger charge is -2.02. The number of ether oxygens (including phenoxy) is 1. The number of nitrogens with zero attached hydrogens (tertiary/aromatic N) is 1. The maximum Gasteiger partial charge on any atom is 0.165 e. The number of aromatic hydroxyl groups is 1. The first-order valence-electron chi connectivity index (χ1n) is 4.43. The van der Waals surface area contributed by atoms with Gasteiger partial charge in [-0.25, -0.2) is 4.39 Å². The normalized spacial score (nSPS) is 11.7. The van der Waals surface area contributed by atoms with Crippen molar-refractivity contribution in [2.24, 2.45) is 10.7 Å². The summed E-state index contributed by atoms with van der Waals surface area (Å²) in [5, 5.41) is 8.96. The van der Waals surface area contributed by atoms with Crippen molar-refractivity contribution in [2.45, 2.75) is 0 Å². The molecule has 15 heavy (non-hydrogen) atoms. The standard InChI is InChI=1S/C10H13FN2O2/c1-15-5-4-13-10(12)7-2-3-9(14)8(11)6-7/h2-3,6,14H,4-5H2,1H3,(H2,12,13). The third kappa shape index (κ3) is 3.21. The monoisotopic (exact) mass is 212 g/mol. The van der Waals surface area contributed by atoms with Gasteiger partial charge in [0.25, 0.3) is 0 Å². The molecule has 3 N–H and O–H groups in total. The third-order valence-electron chi connectivity index (χ3n) is 1.82. The van der Waals surface area contributed by atoms with Crippen LogP contribution in [-0.2, 0) is 4.74 Å². The summed E-state index contributed by atoms with van der Waals surface area (Å²) in [6.07, 6.45) is 0. The summed E-state index contributed by atoms with van der Waals surface area (Å²) < 4.78 is 17.7. The Morgan fingerprint density at radius 3 is 2.93 bits per heavy atom. The molecule has 0 fully saturated rings. The summed E-state index contributed by atoms with van der Waals surface area (Å²) in [6.45, 7) is 0.881. The Kier molecular flexibility index (Phi) is 4.05. The first kappa shape index (κ1) is 11.5. The minimum absolute atomic E-state index is 0.228. The van der Waals surface area contributed by atoms with E-state index in [0.717, 1.165) is 6.07 Å². The molecule has 0 radical (unpaired) electrons. The van der Waals surface area contributed by atoms with E-state index in [0.29, 0.717) is 18.7 Å². The van der Waals surface area contributed by atoms with E-state index >= 15 is 0 Å². The number of hydrogen-bond donors (Lipinski definition) is 2. The number of aliphatic imine (C=N–C) groups is 1. The van der Waals surface area contributed by atoms with Gasteiger partial charge in [0.15, 0.2) is 11.6 Å². The maximum absolute atomic E-state index is 12.9. The highest BCUT2D eigenvalue weighted by atomic mass is 19.1. The Balaban J connectivity index is 2.77. The van der Waals surface area contributed by atoms with Gasteiger partial charge in [0.2, 0.25) is 0 Å². The summed E-state index contributed by atoms with van der Waals surface area (Å²) in [4.78, 5) is 3.98. The molecule has 0 amide bonds. The van der Waals surface area contributed by atoms with Crippen molar-refractivity contribution in [3.8, 4) is 5.75 Å². The number of nitrogens with two attached hydrogens (primary N) is 1. The number of methoxy groups -OCH3 is 1. The Hall–Kier alpha value is -1.62. The quantitative estimate of drug-likeness (QED) is 0.442. The van der Waals surface area contributed by atoms with E-state index in [1.807, 2.05) is 0 Å². The van der Waals surface area contributed by atoms with Crippen molar-refractivity contribution >= 4 is 5.84 Å². The summed E-state index contributed by atoms with van der Waals surface area (Å²) in [7, 11) is 1.56. The van der Waals surface area contributed by atoms with Gasteiger partial charge in [0, 0.05) is 12.7 Å². The molecule has 0 bridgehead atoms. The lowest BCUT2D eigenvalue weighted by atomic mass is 10.2. The number of benzene rings is 1.